The van der Waals surface area contributed by atoms with Crippen molar-refractivity contribution in [2.75, 3.05) is 6.54 Å². The van der Waals surface area contributed by atoms with Gasteiger partial charge in [0.2, 0.25) is 0 Å². The van der Waals surface area contributed by atoms with Crippen LogP contribution in [0.5, 0.6) is 0 Å². The maximum Gasteiger partial charge on any atom is 0.262 e. The van der Waals surface area contributed by atoms with Crippen LogP contribution in [-0.2, 0) is 20.1 Å². The Morgan fingerprint density at radius 2 is 2.08 bits per heavy atom. The zero-order valence-electron chi connectivity index (χ0n) is 13.2. The monoisotopic (exact) mass is 325 g/mol. The summed E-state index contributed by atoms with van der Waals surface area (Å²) in [5.74, 6) is 2.82. The molecular weight excluding hydrogens is 309 g/mol. The van der Waals surface area contributed by atoms with Crippen molar-refractivity contribution >= 4 is 11.0 Å². The smallest absolute Gasteiger partial charge is 0.262 e. The molecule has 2 heterocycles. The Balaban J connectivity index is 1.85. The van der Waals surface area contributed by atoms with Crippen LogP contribution in [0.15, 0.2) is 35.3 Å². The summed E-state index contributed by atoms with van der Waals surface area (Å²) in [6.45, 7) is 1.28. The number of hydrogen-bond donors (Lipinski definition) is 1. The fraction of sp³-hybridized carbons (Fsp3) is 0.235. The molecule has 0 aliphatic carbocycles. The number of nitrogens with one attached hydrogen (secondary N) is 1. The highest BCUT2D eigenvalue weighted by Crippen LogP contribution is 2.10. The number of fused-ring (bicyclic) bond motifs is 1. The van der Waals surface area contributed by atoms with E-state index in [1.54, 1.807) is 23.9 Å². The maximum absolute atomic E-state index is 13.0. The van der Waals surface area contributed by atoms with E-state index in [9.17, 15) is 9.18 Å². The van der Waals surface area contributed by atoms with E-state index in [-0.39, 0.29) is 11.4 Å². The molecule has 7 heteroatoms. The highest BCUT2D eigenvalue weighted by atomic mass is 19.1. The van der Waals surface area contributed by atoms with Crippen molar-refractivity contribution in [3.8, 4) is 12.3 Å². The number of hydrogen-bond acceptors (Lipinski definition) is 4. The third-order valence-corrected chi connectivity index (χ3v) is 3.66. The topological polar surface area (TPSA) is 66.8 Å². The van der Waals surface area contributed by atoms with Crippen LogP contribution in [0.3, 0.4) is 0 Å². The summed E-state index contributed by atoms with van der Waals surface area (Å²) in [5, 5.41) is 4.49. The molecule has 0 atom stereocenters. The molecule has 3 aromatic rings. The van der Waals surface area contributed by atoms with Gasteiger partial charge < -0.3 is 4.98 Å². The van der Waals surface area contributed by atoms with E-state index in [1.807, 2.05) is 4.90 Å². The SMILES string of the molecule is C#CCN(Cc1ccc(F)cc1)Cc1nc2c(cnn2C)c(=O)[nH]1. The first-order valence-electron chi connectivity index (χ1n) is 7.38. The van der Waals surface area contributed by atoms with Crippen LogP contribution >= 0.6 is 0 Å². The Labute approximate surface area is 137 Å². The minimum absolute atomic E-state index is 0.231. The molecule has 0 unspecified atom stereocenters. The van der Waals surface area contributed by atoms with E-state index in [2.05, 4.69) is 21.0 Å². The summed E-state index contributed by atoms with van der Waals surface area (Å²) in [5.41, 5.74) is 1.22. The van der Waals surface area contributed by atoms with Crippen molar-refractivity contribution < 1.29 is 4.39 Å². The minimum atomic E-state index is -0.282. The molecule has 0 saturated heterocycles. The van der Waals surface area contributed by atoms with Crippen molar-refractivity contribution in [1.29, 1.82) is 0 Å². The zero-order valence-corrected chi connectivity index (χ0v) is 13.2. The number of aromatic nitrogens is 4. The van der Waals surface area contributed by atoms with Gasteiger partial charge in [-0.3, -0.25) is 14.4 Å². The summed E-state index contributed by atoms with van der Waals surface area (Å²) in [4.78, 5) is 21.2. The number of terminal acetylenes is 1. The van der Waals surface area contributed by atoms with Crippen molar-refractivity contribution in [3.63, 3.8) is 0 Å². The third-order valence-electron chi connectivity index (χ3n) is 3.66. The molecule has 0 spiro atoms. The molecule has 0 radical (unpaired) electrons. The lowest BCUT2D eigenvalue weighted by molar-refractivity contribution is 0.283. The lowest BCUT2D eigenvalue weighted by Crippen LogP contribution is -2.26. The van der Waals surface area contributed by atoms with Gasteiger partial charge in [0.25, 0.3) is 5.56 Å². The van der Waals surface area contributed by atoms with Crippen LogP contribution in [0.1, 0.15) is 11.4 Å². The summed E-state index contributed by atoms with van der Waals surface area (Å²) in [6.07, 6.45) is 6.92. The van der Waals surface area contributed by atoms with Crippen molar-refractivity contribution in [2.24, 2.45) is 7.05 Å². The molecule has 2 aromatic heterocycles. The number of rotatable bonds is 5. The summed E-state index contributed by atoms with van der Waals surface area (Å²) >= 11 is 0. The van der Waals surface area contributed by atoms with Gasteiger partial charge in [-0.2, -0.15) is 5.10 Å². The molecule has 1 aromatic carbocycles. The Morgan fingerprint density at radius 3 is 2.79 bits per heavy atom. The normalized spacial score (nSPS) is 11.1. The molecule has 0 saturated carbocycles. The molecule has 1 N–H and O–H groups in total. The van der Waals surface area contributed by atoms with Gasteiger partial charge in [0, 0.05) is 13.6 Å². The molecule has 3 rings (SSSR count). The first-order chi connectivity index (χ1) is 11.6. The summed E-state index contributed by atoms with van der Waals surface area (Å²) in [7, 11) is 1.73. The van der Waals surface area contributed by atoms with Gasteiger partial charge in [-0.25, -0.2) is 9.37 Å². The largest absolute Gasteiger partial charge is 0.309 e. The Bertz CT molecular complexity index is 952. The van der Waals surface area contributed by atoms with Crippen molar-refractivity contribution in [2.45, 2.75) is 13.1 Å². The van der Waals surface area contributed by atoms with Gasteiger partial charge in [0.05, 0.1) is 19.3 Å². The molecule has 0 aliphatic heterocycles. The van der Waals surface area contributed by atoms with E-state index < -0.39 is 0 Å². The molecular formula is C17H16FN5O. The highest BCUT2D eigenvalue weighted by molar-refractivity contribution is 5.72. The molecule has 24 heavy (non-hydrogen) atoms. The van der Waals surface area contributed by atoms with E-state index >= 15 is 0 Å². The fourth-order valence-electron chi connectivity index (χ4n) is 2.51. The molecule has 0 fully saturated rings. The number of halogens is 1. The zero-order chi connectivity index (χ0) is 17.1. The number of benzene rings is 1. The predicted octanol–water partition coefficient (Wildman–Crippen LogP) is 1.43. The van der Waals surface area contributed by atoms with Crippen molar-refractivity contribution in [3.05, 3.63) is 58.0 Å². The van der Waals surface area contributed by atoms with Gasteiger partial charge in [0.15, 0.2) is 5.65 Å². The Morgan fingerprint density at radius 1 is 1.33 bits per heavy atom. The van der Waals surface area contributed by atoms with Gasteiger partial charge in [0.1, 0.15) is 17.0 Å². The second kappa shape index (κ2) is 6.64. The Kier molecular flexibility index (Phi) is 4.40. The highest BCUT2D eigenvalue weighted by Gasteiger charge is 2.12. The van der Waals surface area contributed by atoms with Gasteiger partial charge in [-0.1, -0.05) is 18.1 Å². The number of aromatic amines is 1. The molecule has 0 aliphatic rings. The molecule has 122 valence electrons. The third kappa shape index (κ3) is 3.34. The molecule has 0 bridgehead atoms. The summed E-state index contributed by atoms with van der Waals surface area (Å²) < 4.78 is 14.6. The number of H-pyrrole nitrogens is 1. The average Bonchev–Trinajstić information content (AvgIpc) is 2.92. The maximum atomic E-state index is 13.0. The van der Waals surface area contributed by atoms with E-state index in [0.29, 0.717) is 36.5 Å². The first-order valence-corrected chi connectivity index (χ1v) is 7.38. The lowest BCUT2D eigenvalue weighted by Gasteiger charge is -2.19. The van der Waals surface area contributed by atoms with Gasteiger partial charge >= 0.3 is 0 Å². The van der Waals surface area contributed by atoms with Crippen LogP contribution < -0.4 is 5.56 Å². The standard InChI is InChI=1S/C17H16FN5O/c1-3-8-23(10-12-4-6-13(18)7-5-12)11-15-20-16-14(17(24)21-15)9-19-22(16)2/h1,4-7,9H,8,10-11H2,2H3,(H,20,21,24). The fourth-order valence-corrected chi connectivity index (χ4v) is 2.51. The molecule has 6 nitrogen and oxygen atoms in total. The predicted molar refractivity (Wildman–Crippen MR) is 88.5 cm³/mol. The van der Waals surface area contributed by atoms with Crippen LogP contribution in [0.2, 0.25) is 0 Å². The number of nitrogens with zero attached hydrogens (tertiary/aromatic N) is 4. The second-order valence-electron chi connectivity index (χ2n) is 5.49. The molecule has 0 amide bonds. The number of aryl methyl sites for hydroxylation is 1. The van der Waals surface area contributed by atoms with Gasteiger partial charge in [-0.05, 0) is 17.7 Å². The van der Waals surface area contributed by atoms with E-state index in [1.165, 1.54) is 18.3 Å². The van der Waals surface area contributed by atoms with E-state index in [0.717, 1.165) is 5.56 Å². The second-order valence-corrected chi connectivity index (χ2v) is 5.49. The van der Waals surface area contributed by atoms with Crippen LogP contribution in [0.4, 0.5) is 4.39 Å². The minimum Gasteiger partial charge on any atom is -0.309 e. The Hall–Kier alpha value is -2.98. The van der Waals surface area contributed by atoms with Gasteiger partial charge in [-0.15, -0.1) is 6.42 Å². The quantitative estimate of drug-likeness (QED) is 0.721. The van der Waals surface area contributed by atoms with Crippen LogP contribution in [-0.4, -0.2) is 31.2 Å². The summed E-state index contributed by atoms with van der Waals surface area (Å²) in [6, 6.07) is 6.23. The van der Waals surface area contributed by atoms with Crippen LogP contribution in [0.25, 0.3) is 11.0 Å². The van der Waals surface area contributed by atoms with Crippen molar-refractivity contribution in [1.82, 2.24) is 24.6 Å². The van der Waals surface area contributed by atoms with Crippen LogP contribution in [0, 0.1) is 18.2 Å². The first kappa shape index (κ1) is 15.9. The van der Waals surface area contributed by atoms with E-state index in [4.69, 9.17) is 6.42 Å². The lowest BCUT2D eigenvalue weighted by atomic mass is 10.2. The average molecular weight is 325 g/mol.